The number of amides is 1. The van der Waals surface area contributed by atoms with E-state index in [1.807, 2.05) is 12.1 Å². The van der Waals surface area contributed by atoms with Crippen LogP contribution in [-0.4, -0.2) is 36.0 Å². The molecule has 0 fully saturated rings. The van der Waals surface area contributed by atoms with Crippen LogP contribution in [0.4, 0.5) is 0 Å². The molecule has 2 aromatic rings. The van der Waals surface area contributed by atoms with Gasteiger partial charge in [0.15, 0.2) is 0 Å². The third-order valence-electron chi connectivity index (χ3n) is 2.79. The highest BCUT2D eigenvalue weighted by atomic mass is 79.9. The molecule has 0 radical (unpaired) electrons. The molecule has 1 aromatic heterocycles. The van der Waals surface area contributed by atoms with Gasteiger partial charge in [0.1, 0.15) is 12.4 Å². The topological polar surface area (TPSA) is 42.4 Å². The fourth-order valence-electron chi connectivity index (χ4n) is 1.71. The average Bonchev–Trinajstić information content (AvgIpc) is 2.46. The Balaban J connectivity index is 1.87. The lowest BCUT2D eigenvalue weighted by molar-refractivity contribution is 0.0773. The summed E-state index contributed by atoms with van der Waals surface area (Å²) in [6.07, 6.45) is 3.18. The summed E-state index contributed by atoms with van der Waals surface area (Å²) < 4.78 is 6.34. The Bertz CT molecular complexity index is 637. The number of pyridine rings is 1. The van der Waals surface area contributed by atoms with Gasteiger partial charge in [0.2, 0.25) is 0 Å². The number of carbonyl (C=O) groups is 1. The summed E-state index contributed by atoms with van der Waals surface area (Å²) in [5, 5.41) is 0.622. The molecule has 1 aromatic carbocycles. The van der Waals surface area contributed by atoms with Crippen molar-refractivity contribution in [3.8, 4) is 5.75 Å². The van der Waals surface area contributed by atoms with E-state index < -0.39 is 0 Å². The van der Waals surface area contributed by atoms with Crippen LogP contribution >= 0.6 is 27.5 Å². The summed E-state index contributed by atoms with van der Waals surface area (Å²) in [7, 11) is 1.73. The van der Waals surface area contributed by atoms with Gasteiger partial charge >= 0.3 is 0 Å². The van der Waals surface area contributed by atoms with E-state index in [4.69, 9.17) is 16.3 Å². The van der Waals surface area contributed by atoms with Crippen molar-refractivity contribution in [3.05, 3.63) is 57.8 Å². The number of rotatable bonds is 5. The summed E-state index contributed by atoms with van der Waals surface area (Å²) in [5.74, 6) is 0.589. The molecule has 0 aliphatic rings. The molecule has 0 unspecified atom stereocenters. The van der Waals surface area contributed by atoms with Crippen LogP contribution in [-0.2, 0) is 0 Å². The number of carbonyl (C=O) groups excluding carboxylic acids is 1. The highest BCUT2D eigenvalue weighted by Gasteiger charge is 2.12. The largest absolute Gasteiger partial charge is 0.492 e. The number of likely N-dealkylation sites (N-methyl/N-ethyl adjacent to an activating group) is 1. The molecule has 2 rings (SSSR count). The molecule has 0 spiro atoms. The van der Waals surface area contributed by atoms with E-state index in [1.165, 1.54) is 0 Å². The van der Waals surface area contributed by atoms with Gasteiger partial charge in [-0.05, 0) is 40.2 Å². The van der Waals surface area contributed by atoms with Gasteiger partial charge < -0.3 is 9.64 Å². The van der Waals surface area contributed by atoms with Crippen molar-refractivity contribution in [2.24, 2.45) is 0 Å². The molecule has 0 saturated carbocycles. The molecule has 6 heteroatoms. The molecule has 0 bridgehead atoms. The first-order chi connectivity index (χ1) is 10.1. The fraction of sp³-hybridized carbons (Fsp3) is 0.200. The molecular formula is C15H14BrClN2O2. The highest BCUT2D eigenvalue weighted by Crippen LogP contribution is 2.17. The normalized spacial score (nSPS) is 10.2. The smallest absolute Gasteiger partial charge is 0.255 e. The lowest BCUT2D eigenvalue weighted by Gasteiger charge is -2.17. The van der Waals surface area contributed by atoms with Gasteiger partial charge in [0.25, 0.3) is 5.91 Å². The molecule has 0 aliphatic carbocycles. The van der Waals surface area contributed by atoms with E-state index in [1.54, 1.807) is 42.5 Å². The van der Waals surface area contributed by atoms with Gasteiger partial charge in [0.05, 0.1) is 12.1 Å². The number of hydrogen-bond acceptors (Lipinski definition) is 3. The van der Waals surface area contributed by atoms with E-state index in [9.17, 15) is 4.79 Å². The number of hydrogen-bond donors (Lipinski definition) is 0. The van der Waals surface area contributed by atoms with Crippen LogP contribution in [0.1, 0.15) is 10.4 Å². The first kappa shape index (κ1) is 15.8. The Kier molecular flexibility index (Phi) is 5.59. The van der Waals surface area contributed by atoms with Crippen LogP contribution in [0.2, 0.25) is 5.02 Å². The zero-order chi connectivity index (χ0) is 15.2. The van der Waals surface area contributed by atoms with Gasteiger partial charge in [-0.25, -0.2) is 0 Å². The maximum absolute atomic E-state index is 12.2. The predicted molar refractivity (Wildman–Crippen MR) is 85.8 cm³/mol. The second kappa shape index (κ2) is 7.43. The van der Waals surface area contributed by atoms with E-state index in [0.717, 1.165) is 4.47 Å². The maximum Gasteiger partial charge on any atom is 0.255 e. The molecule has 0 aliphatic heterocycles. The number of nitrogens with zero attached hydrogens (tertiary/aromatic N) is 2. The van der Waals surface area contributed by atoms with Gasteiger partial charge in [0, 0.05) is 28.9 Å². The van der Waals surface area contributed by atoms with E-state index in [-0.39, 0.29) is 5.91 Å². The van der Waals surface area contributed by atoms with Gasteiger partial charge in [-0.1, -0.05) is 17.7 Å². The Morgan fingerprint density at radius 3 is 2.90 bits per heavy atom. The summed E-state index contributed by atoms with van der Waals surface area (Å²) in [5.41, 5.74) is 0.537. The van der Waals surface area contributed by atoms with Crippen molar-refractivity contribution in [3.63, 3.8) is 0 Å². The molecule has 4 nitrogen and oxygen atoms in total. The second-order valence-electron chi connectivity index (χ2n) is 4.42. The minimum atomic E-state index is -0.0986. The summed E-state index contributed by atoms with van der Waals surface area (Å²) >= 11 is 9.17. The van der Waals surface area contributed by atoms with Crippen LogP contribution in [0.3, 0.4) is 0 Å². The molecule has 110 valence electrons. The van der Waals surface area contributed by atoms with E-state index >= 15 is 0 Å². The van der Waals surface area contributed by atoms with Crippen molar-refractivity contribution >= 4 is 33.4 Å². The number of halogens is 2. The van der Waals surface area contributed by atoms with Crippen LogP contribution in [0.5, 0.6) is 5.75 Å². The molecule has 0 saturated heterocycles. The molecule has 1 heterocycles. The van der Waals surface area contributed by atoms with Crippen molar-refractivity contribution in [2.45, 2.75) is 0 Å². The molecular weight excluding hydrogens is 356 g/mol. The fourth-order valence-corrected chi connectivity index (χ4v) is 2.25. The molecule has 0 N–H and O–H groups in total. The van der Waals surface area contributed by atoms with Crippen molar-refractivity contribution in [2.75, 3.05) is 20.2 Å². The molecule has 21 heavy (non-hydrogen) atoms. The average molecular weight is 370 g/mol. The third kappa shape index (κ3) is 4.72. The SMILES string of the molecule is CN(CCOc1cccc(Cl)c1)C(=O)c1cncc(Br)c1. The monoisotopic (exact) mass is 368 g/mol. The summed E-state index contributed by atoms with van der Waals surface area (Å²) in [6.45, 7) is 0.863. The quantitative estimate of drug-likeness (QED) is 0.808. The predicted octanol–water partition coefficient (Wildman–Crippen LogP) is 3.65. The van der Waals surface area contributed by atoms with Crippen molar-refractivity contribution < 1.29 is 9.53 Å². The lowest BCUT2D eigenvalue weighted by atomic mass is 10.2. The number of benzene rings is 1. The van der Waals surface area contributed by atoms with Crippen molar-refractivity contribution in [1.29, 1.82) is 0 Å². The van der Waals surface area contributed by atoms with Crippen LogP contribution in [0, 0.1) is 0 Å². The zero-order valence-corrected chi connectivity index (χ0v) is 13.8. The molecule has 1 amide bonds. The first-order valence-electron chi connectivity index (χ1n) is 6.30. The second-order valence-corrected chi connectivity index (χ2v) is 5.78. The highest BCUT2D eigenvalue weighted by molar-refractivity contribution is 9.10. The van der Waals surface area contributed by atoms with Gasteiger partial charge in [-0.15, -0.1) is 0 Å². The Labute approximate surface area is 136 Å². The van der Waals surface area contributed by atoms with Crippen LogP contribution < -0.4 is 4.74 Å². The first-order valence-corrected chi connectivity index (χ1v) is 7.48. The van der Waals surface area contributed by atoms with Gasteiger partial charge in [-0.2, -0.15) is 0 Å². The third-order valence-corrected chi connectivity index (χ3v) is 3.46. The standard InChI is InChI=1S/C15H14BrClN2O2/c1-19(15(20)11-7-12(16)10-18-9-11)5-6-21-14-4-2-3-13(17)8-14/h2-4,7-10H,5-6H2,1H3. The van der Waals surface area contributed by atoms with E-state index in [0.29, 0.717) is 29.5 Å². The minimum absolute atomic E-state index is 0.0986. The number of ether oxygens (including phenoxy) is 1. The Morgan fingerprint density at radius 1 is 1.38 bits per heavy atom. The summed E-state index contributed by atoms with van der Waals surface area (Å²) in [4.78, 5) is 17.8. The lowest BCUT2D eigenvalue weighted by Crippen LogP contribution is -2.30. The minimum Gasteiger partial charge on any atom is -0.492 e. The van der Waals surface area contributed by atoms with Crippen LogP contribution in [0.15, 0.2) is 47.2 Å². The Hall–Kier alpha value is -1.59. The van der Waals surface area contributed by atoms with Gasteiger partial charge in [-0.3, -0.25) is 9.78 Å². The van der Waals surface area contributed by atoms with Crippen LogP contribution in [0.25, 0.3) is 0 Å². The molecule has 0 atom stereocenters. The zero-order valence-electron chi connectivity index (χ0n) is 11.4. The maximum atomic E-state index is 12.2. The van der Waals surface area contributed by atoms with E-state index in [2.05, 4.69) is 20.9 Å². The number of aromatic nitrogens is 1. The summed E-state index contributed by atoms with van der Waals surface area (Å²) in [6, 6.07) is 8.90. The Morgan fingerprint density at radius 2 is 2.19 bits per heavy atom. The van der Waals surface area contributed by atoms with Crippen molar-refractivity contribution in [1.82, 2.24) is 9.88 Å².